The summed E-state index contributed by atoms with van der Waals surface area (Å²) in [4.78, 5) is 24.9. The zero-order chi connectivity index (χ0) is 21.1. The van der Waals surface area contributed by atoms with Crippen molar-refractivity contribution >= 4 is 11.9 Å². The fraction of sp³-hybridized carbons (Fsp3) is 0.462. The molecule has 2 aliphatic carbocycles. The van der Waals surface area contributed by atoms with Crippen molar-refractivity contribution in [2.24, 2.45) is 11.8 Å². The standard InChI is InChI=1S/C26H30O4/c1-3-4-18-7-11-20(12-8-18)26(28)30-24-15-21-13-23(14-22(21)16-24)29-25(27)19-9-5-17(2)6-10-19/h5-12,21-24H,3-4,13-16H2,1-2H3. The van der Waals surface area contributed by atoms with Crippen LogP contribution < -0.4 is 0 Å². The van der Waals surface area contributed by atoms with E-state index in [9.17, 15) is 9.59 Å². The molecule has 0 spiro atoms. The van der Waals surface area contributed by atoms with Gasteiger partial charge in [-0.05, 0) is 80.7 Å². The molecular weight excluding hydrogens is 376 g/mol. The van der Waals surface area contributed by atoms with E-state index < -0.39 is 0 Å². The van der Waals surface area contributed by atoms with E-state index in [-0.39, 0.29) is 24.1 Å². The van der Waals surface area contributed by atoms with Gasteiger partial charge in [-0.15, -0.1) is 0 Å². The first kappa shape index (κ1) is 20.6. The Morgan fingerprint density at radius 2 is 1.20 bits per heavy atom. The highest BCUT2D eigenvalue weighted by Crippen LogP contribution is 2.46. The van der Waals surface area contributed by atoms with E-state index in [4.69, 9.17) is 9.47 Å². The number of aryl methyl sites for hydroxylation is 2. The number of benzene rings is 2. The highest BCUT2D eigenvalue weighted by Gasteiger charge is 2.44. The van der Waals surface area contributed by atoms with E-state index in [1.54, 1.807) is 0 Å². The van der Waals surface area contributed by atoms with Crippen LogP contribution in [-0.4, -0.2) is 24.1 Å². The first-order valence-corrected chi connectivity index (χ1v) is 11.1. The largest absolute Gasteiger partial charge is 0.459 e. The summed E-state index contributed by atoms with van der Waals surface area (Å²) < 4.78 is 11.5. The number of rotatable bonds is 6. The average molecular weight is 407 g/mol. The molecule has 0 radical (unpaired) electrons. The summed E-state index contributed by atoms with van der Waals surface area (Å²) >= 11 is 0. The molecule has 2 unspecified atom stereocenters. The van der Waals surface area contributed by atoms with E-state index in [0.717, 1.165) is 44.1 Å². The summed E-state index contributed by atoms with van der Waals surface area (Å²) in [6.45, 7) is 4.14. The summed E-state index contributed by atoms with van der Waals surface area (Å²) in [7, 11) is 0. The zero-order valence-corrected chi connectivity index (χ0v) is 17.8. The van der Waals surface area contributed by atoms with Crippen LogP contribution in [0.15, 0.2) is 48.5 Å². The van der Waals surface area contributed by atoms with E-state index in [1.165, 1.54) is 5.56 Å². The summed E-state index contributed by atoms with van der Waals surface area (Å²) in [5.74, 6) is 0.455. The number of fused-ring (bicyclic) bond motifs is 1. The summed E-state index contributed by atoms with van der Waals surface area (Å²) in [5.41, 5.74) is 3.60. The van der Waals surface area contributed by atoms with Crippen molar-refractivity contribution in [1.82, 2.24) is 0 Å². The molecule has 2 aliphatic rings. The van der Waals surface area contributed by atoms with Gasteiger partial charge in [0.1, 0.15) is 12.2 Å². The highest BCUT2D eigenvalue weighted by molar-refractivity contribution is 5.90. The molecule has 0 saturated heterocycles. The third-order valence-corrected chi connectivity index (χ3v) is 6.49. The van der Waals surface area contributed by atoms with Crippen LogP contribution in [0.2, 0.25) is 0 Å². The maximum absolute atomic E-state index is 12.5. The molecule has 2 fully saturated rings. The molecule has 4 nitrogen and oxygen atoms in total. The second-order valence-electron chi connectivity index (χ2n) is 8.83. The zero-order valence-electron chi connectivity index (χ0n) is 17.8. The number of hydrogen-bond donors (Lipinski definition) is 0. The van der Waals surface area contributed by atoms with Crippen LogP contribution >= 0.6 is 0 Å². The molecule has 2 aromatic rings. The minimum absolute atomic E-state index is 0.0310. The number of hydrogen-bond acceptors (Lipinski definition) is 4. The number of carbonyl (C=O) groups excluding carboxylic acids is 2. The van der Waals surface area contributed by atoms with Crippen molar-refractivity contribution in [1.29, 1.82) is 0 Å². The monoisotopic (exact) mass is 406 g/mol. The van der Waals surface area contributed by atoms with Crippen LogP contribution in [0.4, 0.5) is 0 Å². The topological polar surface area (TPSA) is 52.6 Å². The van der Waals surface area contributed by atoms with Crippen molar-refractivity contribution in [3.63, 3.8) is 0 Å². The van der Waals surface area contributed by atoms with Gasteiger partial charge in [0.15, 0.2) is 0 Å². The number of ether oxygens (including phenoxy) is 2. The van der Waals surface area contributed by atoms with Crippen LogP contribution in [0.3, 0.4) is 0 Å². The molecule has 4 heteroatoms. The Morgan fingerprint density at radius 1 is 0.767 bits per heavy atom. The predicted molar refractivity (Wildman–Crippen MR) is 115 cm³/mol. The first-order chi connectivity index (χ1) is 14.5. The summed E-state index contributed by atoms with van der Waals surface area (Å²) in [5, 5.41) is 0. The molecule has 0 bridgehead atoms. The van der Waals surface area contributed by atoms with Gasteiger partial charge in [0, 0.05) is 0 Å². The van der Waals surface area contributed by atoms with Crippen molar-refractivity contribution in [3.8, 4) is 0 Å². The van der Waals surface area contributed by atoms with Gasteiger partial charge in [0.25, 0.3) is 0 Å². The Morgan fingerprint density at radius 3 is 1.63 bits per heavy atom. The first-order valence-electron chi connectivity index (χ1n) is 11.1. The SMILES string of the molecule is CCCc1ccc(C(=O)OC2CC3CC(OC(=O)c4ccc(C)cc4)CC3C2)cc1. The van der Waals surface area contributed by atoms with Crippen molar-refractivity contribution in [2.75, 3.05) is 0 Å². The fourth-order valence-corrected chi connectivity index (χ4v) is 4.92. The Labute approximate surface area is 178 Å². The number of carbonyl (C=O) groups is 2. The van der Waals surface area contributed by atoms with Crippen LogP contribution in [0.1, 0.15) is 70.9 Å². The lowest BCUT2D eigenvalue weighted by Gasteiger charge is -2.17. The van der Waals surface area contributed by atoms with Crippen LogP contribution in [0.25, 0.3) is 0 Å². The molecule has 4 rings (SSSR count). The van der Waals surface area contributed by atoms with Gasteiger partial charge in [-0.2, -0.15) is 0 Å². The van der Waals surface area contributed by atoms with E-state index in [2.05, 4.69) is 6.92 Å². The summed E-state index contributed by atoms with van der Waals surface area (Å²) in [6.07, 6.45) is 5.51. The van der Waals surface area contributed by atoms with Gasteiger partial charge in [0.05, 0.1) is 11.1 Å². The molecule has 2 aromatic carbocycles. The normalized spacial score (nSPS) is 25.0. The smallest absolute Gasteiger partial charge is 0.338 e. The molecule has 0 aromatic heterocycles. The quantitative estimate of drug-likeness (QED) is 0.593. The van der Waals surface area contributed by atoms with Gasteiger partial charge in [-0.25, -0.2) is 9.59 Å². The minimum Gasteiger partial charge on any atom is -0.459 e. The van der Waals surface area contributed by atoms with Crippen LogP contribution in [0.5, 0.6) is 0 Å². The molecule has 2 saturated carbocycles. The Balaban J connectivity index is 1.25. The highest BCUT2D eigenvalue weighted by atomic mass is 16.5. The van der Waals surface area contributed by atoms with Crippen molar-refractivity contribution in [3.05, 3.63) is 70.8 Å². The maximum Gasteiger partial charge on any atom is 0.338 e. The summed E-state index contributed by atoms with van der Waals surface area (Å²) in [6, 6.07) is 15.2. The number of esters is 2. The lowest BCUT2D eigenvalue weighted by Crippen LogP contribution is -2.19. The second-order valence-corrected chi connectivity index (χ2v) is 8.83. The molecule has 0 heterocycles. The van der Waals surface area contributed by atoms with Gasteiger partial charge in [0.2, 0.25) is 0 Å². The lowest BCUT2D eigenvalue weighted by molar-refractivity contribution is 0.0226. The Hall–Kier alpha value is -2.62. The fourth-order valence-electron chi connectivity index (χ4n) is 4.92. The molecule has 0 amide bonds. The Bertz CT molecular complexity index is 870. The molecule has 0 N–H and O–H groups in total. The van der Waals surface area contributed by atoms with Crippen LogP contribution in [0, 0.1) is 18.8 Å². The Kier molecular flexibility index (Phi) is 6.21. The van der Waals surface area contributed by atoms with Crippen molar-refractivity contribution < 1.29 is 19.1 Å². The molecule has 0 aliphatic heterocycles. The molecule has 2 atom stereocenters. The van der Waals surface area contributed by atoms with E-state index >= 15 is 0 Å². The predicted octanol–water partition coefficient (Wildman–Crippen LogP) is 5.52. The van der Waals surface area contributed by atoms with Gasteiger partial charge < -0.3 is 9.47 Å². The molecular formula is C26H30O4. The second kappa shape index (κ2) is 9.03. The minimum atomic E-state index is -0.241. The third kappa shape index (κ3) is 4.75. The van der Waals surface area contributed by atoms with E-state index in [0.29, 0.717) is 23.0 Å². The van der Waals surface area contributed by atoms with Gasteiger partial charge >= 0.3 is 11.9 Å². The third-order valence-electron chi connectivity index (χ3n) is 6.49. The maximum atomic E-state index is 12.5. The van der Waals surface area contributed by atoms with Crippen LogP contribution in [-0.2, 0) is 15.9 Å². The van der Waals surface area contributed by atoms with Gasteiger partial charge in [-0.3, -0.25) is 0 Å². The molecule has 30 heavy (non-hydrogen) atoms. The van der Waals surface area contributed by atoms with Gasteiger partial charge in [-0.1, -0.05) is 43.2 Å². The van der Waals surface area contributed by atoms with E-state index in [1.807, 2.05) is 55.5 Å². The van der Waals surface area contributed by atoms with Crippen molar-refractivity contribution in [2.45, 2.75) is 64.6 Å². The average Bonchev–Trinajstić information content (AvgIpc) is 3.27. The molecule has 158 valence electrons. The lowest BCUT2D eigenvalue weighted by atomic mass is 10.0.